The van der Waals surface area contributed by atoms with Crippen molar-refractivity contribution in [2.75, 3.05) is 25.0 Å². The van der Waals surface area contributed by atoms with Gasteiger partial charge in [0.15, 0.2) is 5.65 Å². The van der Waals surface area contributed by atoms with Gasteiger partial charge >= 0.3 is 0 Å². The lowest BCUT2D eigenvalue weighted by Crippen LogP contribution is -2.34. The Kier molecular flexibility index (Phi) is 2.21. The SMILES string of the molecule is CN(c1ncnc2[nH]ncc12)[C@@H]1CCNC1. The lowest BCUT2D eigenvalue weighted by molar-refractivity contribution is 0.679. The van der Waals surface area contributed by atoms with Gasteiger partial charge in [-0.25, -0.2) is 9.97 Å². The Morgan fingerprint density at radius 3 is 3.19 bits per heavy atom. The maximum absolute atomic E-state index is 4.35. The van der Waals surface area contributed by atoms with Crippen molar-refractivity contribution >= 4 is 16.9 Å². The minimum absolute atomic E-state index is 0.507. The Morgan fingerprint density at radius 1 is 1.44 bits per heavy atom. The van der Waals surface area contributed by atoms with Crippen molar-refractivity contribution in [3.05, 3.63) is 12.5 Å². The van der Waals surface area contributed by atoms with Gasteiger partial charge in [-0.15, -0.1) is 0 Å². The van der Waals surface area contributed by atoms with Crippen LogP contribution in [-0.4, -0.2) is 46.3 Å². The van der Waals surface area contributed by atoms with Crippen LogP contribution in [0.3, 0.4) is 0 Å². The van der Waals surface area contributed by atoms with E-state index in [9.17, 15) is 0 Å². The van der Waals surface area contributed by atoms with E-state index in [1.165, 1.54) is 0 Å². The average molecular weight is 218 g/mol. The predicted molar refractivity (Wildman–Crippen MR) is 61.4 cm³/mol. The van der Waals surface area contributed by atoms with Crippen molar-refractivity contribution in [3.8, 4) is 0 Å². The summed E-state index contributed by atoms with van der Waals surface area (Å²) in [6.07, 6.45) is 4.51. The molecule has 1 saturated heterocycles. The standard InChI is InChI=1S/C10H14N6/c1-16(7-2-3-11-4-7)10-8-5-14-15-9(8)12-6-13-10/h5-7,11H,2-4H2,1H3,(H,12,13,14,15)/t7-/m1/s1. The number of anilines is 1. The highest BCUT2D eigenvalue weighted by molar-refractivity contribution is 5.86. The van der Waals surface area contributed by atoms with E-state index in [4.69, 9.17) is 0 Å². The van der Waals surface area contributed by atoms with Gasteiger partial charge in [-0.2, -0.15) is 5.10 Å². The summed E-state index contributed by atoms with van der Waals surface area (Å²) in [7, 11) is 2.08. The molecular weight excluding hydrogens is 204 g/mol. The maximum Gasteiger partial charge on any atom is 0.160 e. The van der Waals surface area contributed by atoms with E-state index >= 15 is 0 Å². The number of hydrogen-bond donors (Lipinski definition) is 2. The minimum atomic E-state index is 0.507. The molecule has 1 fully saturated rings. The summed E-state index contributed by atoms with van der Waals surface area (Å²) in [4.78, 5) is 10.7. The largest absolute Gasteiger partial charge is 0.355 e. The molecule has 0 spiro atoms. The molecule has 16 heavy (non-hydrogen) atoms. The van der Waals surface area contributed by atoms with Crippen LogP contribution in [0.5, 0.6) is 0 Å². The molecule has 0 saturated carbocycles. The van der Waals surface area contributed by atoms with Crippen LogP contribution in [0.15, 0.2) is 12.5 Å². The lowest BCUT2D eigenvalue weighted by atomic mass is 10.2. The second-order valence-corrected chi connectivity index (χ2v) is 4.09. The van der Waals surface area contributed by atoms with Gasteiger partial charge in [0.1, 0.15) is 12.1 Å². The Hall–Kier alpha value is -1.69. The molecule has 1 atom stereocenters. The molecule has 0 aromatic carbocycles. The molecule has 6 nitrogen and oxygen atoms in total. The van der Waals surface area contributed by atoms with Crippen LogP contribution in [-0.2, 0) is 0 Å². The molecular formula is C10H14N6. The highest BCUT2D eigenvalue weighted by atomic mass is 15.2. The summed E-state index contributed by atoms with van der Waals surface area (Å²) in [6, 6.07) is 0.507. The van der Waals surface area contributed by atoms with Gasteiger partial charge in [0.05, 0.1) is 11.6 Å². The van der Waals surface area contributed by atoms with Gasteiger partial charge < -0.3 is 10.2 Å². The third-order valence-electron chi connectivity index (χ3n) is 3.14. The number of H-pyrrole nitrogens is 1. The number of fused-ring (bicyclic) bond motifs is 1. The second kappa shape index (κ2) is 3.71. The molecule has 2 aromatic heterocycles. The van der Waals surface area contributed by atoms with E-state index in [2.05, 4.69) is 37.4 Å². The van der Waals surface area contributed by atoms with E-state index in [-0.39, 0.29) is 0 Å². The van der Waals surface area contributed by atoms with E-state index in [1.807, 2.05) is 0 Å². The quantitative estimate of drug-likeness (QED) is 0.751. The molecule has 1 aliphatic heterocycles. The second-order valence-electron chi connectivity index (χ2n) is 4.09. The number of likely N-dealkylation sites (N-methyl/N-ethyl adjacent to an activating group) is 1. The van der Waals surface area contributed by atoms with Gasteiger partial charge in [0.25, 0.3) is 0 Å². The zero-order valence-corrected chi connectivity index (χ0v) is 9.14. The molecule has 6 heteroatoms. The van der Waals surface area contributed by atoms with E-state index in [0.29, 0.717) is 6.04 Å². The Morgan fingerprint density at radius 2 is 2.38 bits per heavy atom. The zero-order valence-electron chi connectivity index (χ0n) is 9.14. The highest BCUT2D eigenvalue weighted by Gasteiger charge is 2.22. The van der Waals surface area contributed by atoms with Crippen LogP contribution in [0.2, 0.25) is 0 Å². The summed E-state index contributed by atoms with van der Waals surface area (Å²) >= 11 is 0. The van der Waals surface area contributed by atoms with Crippen LogP contribution in [0.4, 0.5) is 5.82 Å². The molecule has 1 aliphatic rings. The fourth-order valence-electron chi connectivity index (χ4n) is 2.18. The third kappa shape index (κ3) is 1.42. The molecule has 0 unspecified atom stereocenters. The van der Waals surface area contributed by atoms with Gasteiger partial charge in [0.2, 0.25) is 0 Å². The molecule has 2 aromatic rings. The molecule has 2 N–H and O–H groups in total. The molecule has 3 heterocycles. The van der Waals surface area contributed by atoms with Crippen LogP contribution in [0, 0.1) is 0 Å². The minimum Gasteiger partial charge on any atom is -0.355 e. The Labute approximate surface area is 93.1 Å². The van der Waals surface area contributed by atoms with Gasteiger partial charge in [0, 0.05) is 19.6 Å². The predicted octanol–water partition coefficient (Wildman–Crippen LogP) is 0.151. The molecule has 84 valence electrons. The third-order valence-corrected chi connectivity index (χ3v) is 3.14. The Bertz CT molecular complexity index is 487. The van der Waals surface area contributed by atoms with Crippen LogP contribution >= 0.6 is 0 Å². The van der Waals surface area contributed by atoms with E-state index < -0.39 is 0 Å². The van der Waals surface area contributed by atoms with Crippen molar-refractivity contribution in [1.82, 2.24) is 25.5 Å². The number of hydrogen-bond acceptors (Lipinski definition) is 5. The van der Waals surface area contributed by atoms with Crippen LogP contribution < -0.4 is 10.2 Å². The molecule has 0 bridgehead atoms. The van der Waals surface area contributed by atoms with Crippen LogP contribution in [0.1, 0.15) is 6.42 Å². The summed E-state index contributed by atoms with van der Waals surface area (Å²) in [5, 5.41) is 11.2. The fourth-order valence-corrected chi connectivity index (χ4v) is 2.18. The molecule has 0 radical (unpaired) electrons. The molecule has 0 amide bonds. The first kappa shape index (κ1) is 9.53. The topological polar surface area (TPSA) is 69.7 Å². The van der Waals surface area contributed by atoms with E-state index in [0.717, 1.165) is 36.4 Å². The lowest BCUT2D eigenvalue weighted by Gasteiger charge is -2.24. The first-order valence-electron chi connectivity index (χ1n) is 5.44. The van der Waals surface area contributed by atoms with Crippen molar-refractivity contribution in [2.45, 2.75) is 12.5 Å². The highest BCUT2D eigenvalue weighted by Crippen LogP contribution is 2.22. The van der Waals surface area contributed by atoms with Crippen molar-refractivity contribution < 1.29 is 0 Å². The number of rotatable bonds is 2. The zero-order chi connectivity index (χ0) is 11.0. The summed E-state index contributed by atoms with van der Waals surface area (Å²) < 4.78 is 0. The van der Waals surface area contributed by atoms with Gasteiger partial charge in [-0.3, -0.25) is 5.10 Å². The van der Waals surface area contributed by atoms with E-state index in [1.54, 1.807) is 12.5 Å². The maximum atomic E-state index is 4.35. The summed E-state index contributed by atoms with van der Waals surface area (Å²) in [5.41, 5.74) is 0.794. The van der Waals surface area contributed by atoms with Crippen LogP contribution in [0.25, 0.3) is 11.0 Å². The van der Waals surface area contributed by atoms with Crippen molar-refractivity contribution in [2.24, 2.45) is 0 Å². The van der Waals surface area contributed by atoms with Gasteiger partial charge in [-0.05, 0) is 13.0 Å². The number of aromatic amines is 1. The summed E-state index contributed by atoms with van der Waals surface area (Å²) in [6.45, 7) is 2.09. The monoisotopic (exact) mass is 218 g/mol. The average Bonchev–Trinajstić information content (AvgIpc) is 2.98. The smallest absolute Gasteiger partial charge is 0.160 e. The Balaban J connectivity index is 2.00. The first-order valence-corrected chi connectivity index (χ1v) is 5.44. The molecule has 3 rings (SSSR count). The van der Waals surface area contributed by atoms with Crippen molar-refractivity contribution in [3.63, 3.8) is 0 Å². The first-order chi connectivity index (χ1) is 7.86. The van der Waals surface area contributed by atoms with Crippen molar-refractivity contribution in [1.29, 1.82) is 0 Å². The number of nitrogens with one attached hydrogen (secondary N) is 2. The van der Waals surface area contributed by atoms with Gasteiger partial charge in [-0.1, -0.05) is 0 Å². The number of nitrogens with zero attached hydrogens (tertiary/aromatic N) is 4. The fraction of sp³-hybridized carbons (Fsp3) is 0.500. The summed E-state index contributed by atoms with van der Waals surface area (Å²) in [5.74, 6) is 0.951. The molecule has 0 aliphatic carbocycles. The number of aromatic nitrogens is 4. The normalized spacial score (nSPS) is 20.4.